The predicted molar refractivity (Wildman–Crippen MR) is 74.6 cm³/mol. The van der Waals surface area contributed by atoms with Crippen LogP contribution in [0.15, 0.2) is 12.1 Å². The second-order valence-corrected chi connectivity index (χ2v) is 5.01. The van der Waals surface area contributed by atoms with E-state index >= 15 is 0 Å². The minimum Gasteiger partial charge on any atom is -0.452 e. The summed E-state index contributed by atoms with van der Waals surface area (Å²) in [4.78, 5) is 23.1. The lowest BCUT2D eigenvalue weighted by molar-refractivity contribution is -0.124. The molecule has 0 aliphatic rings. The molecule has 4 nitrogen and oxygen atoms in total. The van der Waals surface area contributed by atoms with Crippen LogP contribution in [0, 0.1) is 5.82 Å². The quantitative estimate of drug-likeness (QED) is 0.669. The van der Waals surface area contributed by atoms with E-state index in [0.29, 0.717) is 0 Å². The highest BCUT2D eigenvalue weighted by molar-refractivity contribution is 6.36. The van der Waals surface area contributed by atoms with Crippen LogP contribution < -0.4 is 5.32 Å². The summed E-state index contributed by atoms with van der Waals surface area (Å²) >= 11 is 11.3. The molecule has 0 aliphatic carbocycles. The van der Waals surface area contributed by atoms with E-state index < -0.39 is 24.3 Å². The number of ether oxygens (including phenoxy) is 1. The number of nitrogens with one attached hydrogen (secondary N) is 1. The van der Waals surface area contributed by atoms with Crippen molar-refractivity contribution >= 4 is 35.1 Å². The van der Waals surface area contributed by atoms with Crippen molar-refractivity contribution in [2.75, 3.05) is 6.61 Å². The van der Waals surface area contributed by atoms with Gasteiger partial charge in [-0.2, -0.15) is 0 Å². The second kappa shape index (κ2) is 7.45. The van der Waals surface area contributed by atoms with E-state index in [0.717, 1.165) is 18.6 Å². The summed E-state index contributed by atoms with van der Waals surface area (Å²) in [6, 6.07) is 1.96. The third-order valence-electron chi connectivity index (χ3n) is 2.58. The molecule has 110 valence electrons. The van der Waals surface area contributed by atoms with Crippen molar-refractivity contribution in [1.29, 1.82) is 0 Å². The number of carbonyl (C=O) groups is 2. The fraction of sp³-hybridized carbons (Fsp3) is 0.385. The highest BCUT2D eigenvalue weighted by Gasteiger charge is 2.17. The van der Waals surface area contributed by atoms with Crippen LogP contribution in [0.2, 0.25) is 10.0 Å². The van der Waals surface area contributed by atoms with Gasteiger partial charge >= 0.3 is 5.97 Å². The topological polar surface area (TPSA) is 55.4 Å². The van der Waals surface area contributed by atoms with Gasteiger partial charge in [0.25, 0.3) is 5.91 Å². The van der Waals surface area contributed by atoms with Crippen LogP contribution in [0.4, 0.5) is 4.39 Å². The van der Waals surface area contributed by atoms with Crippen LogP contribution in [0.1, 0.15) is 30.6 Å². The van der Waals surface area contributed by atoms with Gasteiger partial charge in [-0.15, -0.1) is 0 Å². The number of amides is 1. The van der Waals surface area contributed by atoms with Crippen LogP contribution in [-0.2, 0) is 9.53 Å². The van der Waals surface area contributed by atoms with E-state index in [1.165, 1.54) is 0 Å². The summed E-state index contributed by atoms with van der Waals surface area (Å²) in [7, 11) is 0. The smallest absolute Gasteiger partial charge is 0.340 e. The first-order chi connectivity index (χ1) is 9.35. The zero-order valence-corrected chi connectivity index (χ0v) is 12.5. The maximum Gasteiger partial charge on any atom is 0.340 e. The molecule has 0 saturated carbocycles. The predicted octanol–water partition coefficient (Wildman–Crippen LogP) is 3.20. The molecular weight excluding hydrogens is 308 g/mol. The first-order valence-electron chi connectivity index (χ1n) is 5.96. The van der Waals surface area contributed by atoms with Gasteiger partial charge in [0.05, 0.1) is 15.6 Å². The van der Waals surface area contributed by atoms with E-state index in [-0.39, 0.29) is 21.7 Å². The van der Waals surface area contributed by atoms with E-state index in [2.05, 4.69) is 5.32 Å². The van der Waals surface area contributed by atoms with Crippen molar-refractivity contribution in [3.63, 3.8) is 0 Å². The minimum absolute atomic E-state index is 0.0160. The molecule has 1 aromatic carbocycles. The molecule has 1 rings (SSSR count). The number of benzene rings is 1. The van der Waals surface area contributed by atoms with Crippen molar-refractivity contribution in [1.82, 2.24) is 5.32 Å². The maximum atomic E-state index is 13.3. The van der Waals surface area contributed by atoms with Crippen molar-refractivity contribution in [3.05, 3.63) is 33.6 Å². The Morgan fingerprint density at radius 3 is 2.60 bits per heavy atom. The molecule has 1 atom stereocenters. The van der Waals surface area contributed by atoms with Crippen LogP contribution in [-0.4, -0.2) is 24.5 Å². The van der Waals surface area contributed by atoms with Crippen molar-refractivity contribution in [2.45, 2.75) is 26.3 Å². The number of esters is 1. The summed E-state index contributed by atoms with van der Waals surface area (Å²) in [5, 5.41) is 2.40. The molecule has 20 heavy (non-hydrogen) atoms. The first-order valence-corrected chi connectivity index (χ1v) is 6.71. The molecule has 7 heteroatoms. The Labute approximate surface area is 126 Å². The molecule has 0 aliphatic heterocycles. The maximum absolute atomic E-state index is 13.3. The molecule has 0 radical (unpaired) electrons. The monoisotopic (exact) mass is 321 g/mol. The summed E-state index contributed by atoms with van der Waals surface area (Å²) in [5.41, 5.74) is -0.176. The molecule has 0 unspecified atom stereocenters. The lowest BCUT2D eigenvalue weighted by Gasteiger charge is -2.11. The van der Waals surface area contributed by atoms with Crippen molar-refractivity contribution in [3.8, 4) is 0 Å². The standard InChI is InChI=1S/C13H14Cl2FNO3/c1-3-7(2)17-12(18)6-20-13(19)8-4-11(16)10(15)5-9(8)14/h4-5,7H,3,6H2,1-2H3,(H,17,18)/t7-/m1/s1. The summed E-state index contributed by atoms with van der Waals surface area (Å²) in [5.74, 6) is -2.10. The van der Waals surface area contributed by atoms with Crippen LogP contribution in [0.5, 0.6) is 0 Å². The van der Waals surface area contributed by atoms with E-state index in [4.69, 9.17) is 27.9 Å². The summed E-state index contributed by atoms with van der Waals surface area (Å²) < 4.78 is 18.0. The lowest BCUT2D eigenvalue weighted by atomic mass is 10.2. The Morgan fingerprint density at radius 2 is 2.00 bits per heavy atom. The van der Waals surface area contributed by atoms with Gasteiger partial charge in [0.15, 0.2) is 6.61 Å². The number of halogens is 3. The third kappa shape index (κ3) is 4.65. The van der Waals surface area contributed by atoms with Gasteiger partial charge in [0.2, 0.25) is 0 Å². The van der Waals surface area contributed by atoms with E-state index in [1.807, 2.05) is 13.8 Å². The Morgan fingerprint density at radius 1 is 1.35 bits per heavy atom. The normalized spacial score (nSPS) is 11.8. The molecule has 0 bridgehead atoms. The molecule has 0 saturated heterocycles. The molecule has 1 amide bonds. The minimum atomic E-state index is -0.884. The molecule has 1 N–H and O–H groups in total. The van der Waals surface area contributed by atoms with Gasteiger partial charge < -0.3 is 10.1 Å². The average Bonchev–Trinajstić information content (AvgIpc) is 2.40. The SMILES string of the molecule is CC[C@@H](C)NC(=O)COC(=O)c1cc(F)c(Cl)cc1Cl. The third-order valence-corrected chi connectivity index (χ3v) is 3.19. The molecule has 0 fully saturated rings. The van der Waals surface area contributed by atoms with E-state index in [9.17, 15) is 14.0 Å². The highest BCUT2D eigenvalue weighted by atomic mass is 35.5. The Kier molecular flexibility index (Phi) is 6.23. The van der Waals surface area contributed by atoms with Gasteiger partial charge in [-0.25, -0.2) is 9.18 Å². The van der Waals surface area contributed by atoms with Gasteiger partial charge in [-0.05, 0) is 25.5 Å². The number of hydrogen-bond donors (Lipinski definition) is 1. The zero-order chi connectivity index (χ0) is 15.3. The van der Waals surface area contributed by atoms with Gasteiger partial charge in [-0.1, -0.05) is 30.1 Å². The van der Waals surface area contributed by atoms with Gasteiger partial charge in [0.1, 0.15) is 5.82 Å². The fourth-order valence-corrected chi connectivity index (χ4v) is 1.77. The van der Waals surface area contributed by atoms with Crippen molar-refractivity contribution < 1.29 is 18.7 Å². The highest BCUT2D eigenvalue weighted by Crippen LogP contribution is 2.24. The Hall–Kier alpha value is -1.33. The molecule has 0 aromatic heterocycles. The zero-order valence-electron chi connectivity index (χ0n) is 11.0. The molecule has 1 aromatic rings. The Balaban J connectivity index is 2.64. The van der Waals surface area contributed by atoms with Crippen LogP contribution in [0.25, 0.3) is 0 Å². The number of carbonyl (C=O) groups excluding carboxylic acids is 2. The molecular formula is C13H14Cl2FNO3. The van der Waals surface area contributed by atoms with Gasteiger partial charge in [0, 0.05) is 6.04 Å². The Bertz CT molecular complexity index is 523. The average molecular weight is 322 g/mol. The lowest BCUT2D eigenvalue weighted by Crippen LogP contribution is -2.35. The summed E-state index contributed by atoms with van der Waals surface area (Å²) in [6.45, 7) is 3.28. The van der Waals surface area contributed by atoms with Crippen molar-refractivity contribution in [2.24, 2.45) is 0 Å². The van der Waals surface area contributed by atoms with Crippen LogP contribution >= 0.6 is 23.2 Å². The number of rotatable bonds is 5. The van der Waals surface area contributed by atoms with E-state index in [1.54, 1.807) is 0 Å². The van der Waals surface area contributed by atoms with Gasteiger partial charge in [-0.3, -0.25) is 4.79 Å². The first kappa shape index (κ1) is 16.7. The second-order valence-electron chi connectivity index (χ2n) is 4.20. The number of hydrogen-bond acceptors (Lipinski definition) is 3. The molecule has 0 heterocycles. The fourth-order valence-electron chi connectivity index (χ4n) is 1.31. The largest absolute Gasteiger partial charge is 0.452 e. The molecule has 0 spiro atoms. The van der Waals surface area contributed by atoms with Crippen LogP contribution in [0.3, 0.4) is 0 Å². The summed E-state index contributed by atoms with van der Waals surface area (Å²) in [6.07, 6.45) is 0.758.